The summed E-state index contributed by atoms with van der Waals surface area (Å²) in [6.07, 6.45) is 1.36. The summed E-state index contributed by atoms with van der Waals surface area (Å²) in [6, 6.07) is 7.62. The summed E-state index contributed by atoms with van der Waals surface area (Å²) >= 11 is 0. The molecule has 5 heteroatoms. The monoisotopic (exact) mass is 279 g/mol. The summed E-state index contributed by atoms with van der Waals surface area (Å²) in [6.45, 7) is 2.42. The van der Waals surface area contributed by atoms with Crippen molar-refractivity contribution >= 4 is 11.9 Å². The van der Waals surface area contributed by atoms with Crippen molar-refractivity contribution in [1.82, 2.24) is 4.90 Å². The molecule has 0 saturated carbocycles. The molecule has 1 amide bonds. The molecule has 0 aliphatic carbocycles. The van der Waals surface area contributed by atoms with Crippen LogP contribution in [0.2, 0.25) is 0 Å². The molecule has 0 bridgehead atoms. The summed E-state index contributed by atoms with van der Waals surface area (Å²) in [5, 5.41) is 8.55. The van der Waals surface area contributed by atoms with Crippen LogP contribution in [0, 0.1) is 0 Å². The van der Waals surface area contributed by atoms with Gasteiger partial charge in [0.15, 0.2) is 6.61 Å². The number of likely N-dealkylation sites (N-methyl/N-ethyl adjacent to an activating group) is 1. The topological polar surface area (TPSA) is 66.8 Å². The lowest BCUT2D eigenvalue weighted by Crippen LogP contribution is -2.32. The van der Waals surface area contributed by atoms with Crippen molar-refractivity contribution in [2.24, 2.45) is 0 Å². The predicted molar refractivity (Wildman–Crippen MR) is 75.8 cm³/mol. The third-order valence-corrected chi connectivity index (χ3v) is 3.01. The maximum atomic E-state index is 11.8. The van der Waals surface area contributed by atoms with Crippen molar-refractivity contribution in [3.05, 3.63) is 29.8 Å². The first-order valence-corrected chi connectivity index (χ1v) is 6.71. The molecule has 1 rings (SSSR count). The molecule has 0 aromatic heterocycles. The van der Waals surface area contributed by atoms with E-state index < -0.39 is 5.97 Å². The van der Waals surface area contributed by atoms with Gasteiger partial charge >= 0.3 is 5.97 Å². The number of hydrogen-bond donors (Lipinski definition) is 1. The van der Waals surface area contributed by atoms with Gasteiger partial charge < -0.3 is 14.7 Å². The maximum absolute atomic E-state index is 11.8. The number of benzene rings is 1. The molecule has 0 aliphatic rings. The van der Waals surface area contributed by atoms with Crippen molar-refractivity contribution in [3.8, 4) is 5.75 Å². The highest BCUT2D eigenvalue weighted by molar-refractivity contribution is 5.77. The summed E-state index contributed by atoms with van der Waals surface area (Å²) in [5.74, 6) is -0.275. The van der Waals surface area contributed by atoms with Crippen LogP contribution < -0.4 is 4.74 Å². The third kappa shape index (κ3) is 5.30. The first kappa shape index (κ1) is 16.0. The van der Waals surface area contributed by atoms with Gasteiger partial charge in [0.05, 0.1) is 0 Å². The van der Waals surface area contributed by atoms with Gasteiger partial charge in [0.25, 0.3) is 5.91 Å². The summed E-state index contributed by atoms with van der Waals surface area (Å²) in [7, 11) is 1.65. The number of para-hydroxylation sites is 1. The minimum atomic E-state index is -0.848. The number of aliphatic carboxylic acids is 1. The fourth-order valence-corrected chi connectivity index (χ4v) is 1.78. The van der Waals surface area contributed by atoms with Crippen LogP contribution in [0.3, 0.4) is 0 Å². The van der Waals surface area contributed by atoms with Gasteiger partial charge in [0, 0.05) is 20.0 Å². The highest BCUT2D eigenvalue weighted by atomic mass is 16.5. The molecule has 0 unspecified atom stereocenters. The van der Waals surface area contributed by atoms with Crippen LogP contribution in [-0.2, 0) is 16.0 Å². The van der Waals surface area contributed by atoms with Gasteiger partial charge in [-0.2, -0.15) is 0 Å². The van der Waals surface area contributed by atoms with Gasteiger partial charge in [-0.25, -0.2) is 0 Å². The number of aryl methyl sites for hydroxylation is 1. The number of carbonyl (C=O) groups excluding carboxylic acids is 1. The number of carbonyl (C=O) groups is 2. The zero-order chi connectivity index (χ0) is 15.0. The minimum absolute atomic E-state index is 0.0272. The number of rotatable bonds is 8. The Hall–Kier alpha value is -2.04. The minimum Gasteiger partial charge on any atom is -0.483 e. The van der Waals surface area contributed by atoms with Crippen molar-refractivity contribution in [1.29, 1.82) is 0 Å². The van der Waals surface area contributed by atoms with Crippen LogP contribution >= 0.6 is 0 Å². The number of ether oxygens (including phenoxy) is 1. The van der Waals surface area contributed by atoms with Crippen molar-refractivity contribution in [2.75, 3.05) is 20.2 Å². The quantitative estimate of drug-likeness (QED) is 0.790. The molecule has 0 spiro atoms. The molecule has 0 atom stereocenters. The number of carboxylic acid groups (broad SMARTS) is 1. The van der Waals surface area contributed by atoms with Crippen LogP contribution in [0.1, 0.15) is 25.3 Å². The van der Waals surface area contributed by atoms with Gasteiger partial charge in [-0.05, 0) is 24.5 Å². The average Bonchev–Trinajstić information content (AvgIpc) is 2.44. The van der Waals surface area contributed by atoms with Crippen molar-refractivity contribution < 1.29 is 19.4 Å². The van der Waals surface area contributed by atoms with Crippen LogP contribution in [-0.4, -0.2) is 42.1 Å². The Morgan fingerprint density at radius 2 is 2.00 bits per heavy atom. The highest BCUT2D eigenvalue weighted by Crippen LogP contribution is 2.18. The van der Waals surface area contributed by atoms with E-state index in [1.54, 1.807) is 7.05 Å². The van der Waals surface area contributed by atoms with Gasteiger partial charge in [-0.3, -0.25) is 9.59 Å². The summed E-state index contributed by atoms with van der Waals surface area (Å²) in [5.41, 5.74) is 1.06. The second-order valence-electron chi connectivity index (χ2n) is 4.56. The van der Waals surface area contributed by atoms with Gasteiger partial charge in [-0.1, -0.05) is 25.1 Å². The van der Waals surface area contributed by atoms with E-state index in [9.17, 15) is 9.59 Å². The molecule has 20 heavy (non-hydrogen) atoms. The molecule has 1 aromatic rings. The van der Waals surface area contributed by atoms with Gasteiger partial charge in [-0.15, -0.1) is 0 Å². The number of nitrogens with zero attached hydrogens (tertiary/aromatic N) is 1. The van der Waals surface area contributed by atoms with Crippen LogP contribution in [0.15, 0.2) is 24.3 Å². The second kappa shape index (κ2) is 8.19. The predicted octanol–water partition coefficient (Wildman–Crippen LogP) is 1.95. The molecule has 110 valence electrons. The van der Waals surface area contributed by atoms with Crippen molar-refractivity contribution in [2.45, 2.75) is 26.2 Å². The van der Waals surface area contributed by atoms with E-state index in [1.807, 2.05) is 31.2 Å². The fraction of sp³-hybridized carbons (Fsp3) is 0.467. The molecule has 5 nitrogen and oxygen atoms in total. The van der Waals surface area contributed by atoms with Gasteiger partial charge in [0.1, 0.15) is 5.75 Å². The standard InChI is InChI=1S/C15H21NO4/c1-3-12-7-4-5-8-13(12)20-11-14(17)16(2)10-6-9-15(18)19/h4-5,7-8H,3,6,9-11H2,1-2H3,(H,18,19). The molecule has 1 aromatic carbocycles. The van der Waals surface area contributed by atoms with E-state index in [4.69, 9.17) is 9.84 Å². The molecule has 0 heterocycles. The zero-order valence-electron chi connectivity index (χ0n) is 12.0. The first-order valence-electron chi connectivity index (χ1n) is 6.71. The Morgan fingerprint density at radius 1 is 1.30 bits per heavy atom. The molecule has 0 radical (unpaired) electrons. The lowest BCUT2D eigenvalue weighted by atomic mass is 10.1. The summed E-state index contributed by atoms with van der Waals surface area (Å²) < 4.78 is 5.53. The molecule has 1 N–H and O–H groups in total. The Kier molecular flexibility index (Phi) is 6.56. The number of amides is 1. The Bertz CT molecular complexity index is 459. The first-order chi connectivity index (χ1) is 9.54. The second-order valence-corrected chi connectivity index (χ2v) is 4.56. The molecule has 0 aliphatic heterocycles. The lowest BCUT2D eigenvalue weighted by Gasteiger charge is -2.17. The Balaban J connectivity index is 2.40. The summed E-state index contributed by atoms with van der Waals surface area (Å²) in [4.78, 5) is 23.7. The van der Waals surface area contributed by atoms with E-state index in [-0.39, 0.29) is 18.9 Å². The van der Waals surface area contributed by atoms with Crippen LogP contribution in [0.5, 0.6) is 5.75 Å². The number of carboxylic acids is 1. The van der Waals surface area contributed by atoms with E-state index in [0.717, 1.165) is 17.7 Å². The smallest absolute Gasteiger partial charge is 0.303 e. The SMILES string of the molecule is CCc1ccccc1OCC(=O)N(C)CCCC(=O)O. The lowest BCUT2D eigenvalue weighted by molar-refractivity contribution is -0.138. The van der Waals surface area contributed by atoms with E-state index in [2.05, 4.69) is 0 Å². The Morgan fingerprint density at radius 3 is 2.65 bits per heavy atom. The van der Waals surface area contributed by atoms with Crippen LogP contribution in [0.25, 0.3) is 0 Å². The maximum Gasteiger partial charge on any atom is 0.303 e. The third-order valence-electron chi connectivity index (χ3n) is 3.01. The van der Waals surface area contributed by atoms with Crippen molar-refractivity contribution in [3.63, 3.8) is 0 Å². The van der Waals surface area contributed by atoms with Crippen LogP contribution in [0.4, 0.5) is 0 Å². The largest absolute Gasteiger partial charge is 0.483 e. The Labute approximate surface area is 119 Å². The highest BCUT2D eigenvalue weighted by Gasteiger charge is 2.11. The molecular weight excluding hydrogens is 258 g/mol. The average molecular weight is 279 g/mol. The van der Waals surface area contributed by atoms with E-state index in [1.165, 1.54) is 4.90 Å². The van der Waals surface area contributed by atoms with E-state index in [0.29, 0.717) is 13.0 Å². The zero-order valence-corrected chi connectivity index (χ0v) is 12.0. The fourth-order valence-electron chi connectivity index (χ4n) is 1.78. The normalized spacial score (nSPS) is 10.1. The molecular formula is C15H21NO4. The number of hydrogen-bond acceptors (Lipinski definition) is 3. The molecule has 0 fully saturated rings. The molecule has 0 saturated heterocycles. The van der Waals surface area contributed by atoms with E-state index >= 15 is 0 Å². The van der Waals surface area contributed by atoms with Gasteiger partial charge in [0.2, 0.25) is 0 Å².